The van der Waals surface area contributed by atoms with Gasteiger partial charge in [-0.3, -0.25) is 4.98 Å². The Kier molecular flexibility index (Phi) is 6.29. The van der Waals surface area contributed by atoms with Gasteiger partial charge in [-0.1, -0.05) is 37.5 Å². The summed E-state index contributed by atoms with van der Waals surface area (Å²) in [5.74, 6) is 1.88. The molecular weight excluding hydrogens is 402 g/mol. The van der Waals surface area contributed by atoms with Crippen molar-refractivity contribution in [2.24, 2.45) is 0 Å². The number of aromatic nitrogens is 5. The lowest BCUT2D eigenvalue weighted by Crippen LogP contribution is -3.15. The van der Waals surface area contributed by atoms with Gasteiger partial charge in [0.05, 0.1) is 45.0 Å². The molecule has 8 nitrogen and oxygen atoms in total. The molecule has 1 aromatic carbocycles. The molecule has 2 fully saturated rings. The van der Waals surface area contributed by atoms with Crippen LogP contribution in [-0.4, -0.2) is 58.5 Å². The lowest BCUT2D eigenvalue weighted by atomic mass is 9.95. The number of nitrogens with zero attached hydrogens (tertiary/aromatic N) is 6. The van der Waals surface area contributed by atoms with Crippen molar-refractivity contribution >= 4 is 5.69 Å². The number of piperazine rings is 1. The van der Waals surface area contributed by atoms with Crippen LogP contribution >= 0.6 is 0 Å². The average Bonchev–Trinajstić information content (AvgIpc) is 3.35. The molecule has 1 N–H and O–H groups in total. The number of benzene rings is 1. The van der Waals surface area contributed by atoms with Crippen LogP contribution in [0.15, 0.2) is 48.7 Å². The fourth-order valence-corrected chi connectivity index (χ4v) is 5.26. The van der Waals surface area contributed by atoms with E-state index in [9.17, 15) is 0 Å². The van der Waals surface area contributed by atoms with Crippen LogP contribution in [0, 0.1) is 0 Å². The van der Waals surface area contributed by atoms with Gasteiger partial charge in [-0.05, 0) is 47.5 Å². The molecule has 1 aliphatic heterocycles. The first-order valence-corrected chi connectivity index (χ1v) is 11.8. The average molecular weight is 435 g/mol. The molecule has 0 amide bonds. The van der Waals surface area contributed by atoms with Crippen molar-refractivity contribution in [3.05, 3.63) is 60.2 Å². The van der Waals surface area contributed by atoms with E-state index in [1.165, 1.54) is 24.2 Å². The number of quaternary nitrogens is 1. The van der Waals surface area contributed by atoms with E-state index in [-0.39, 0.29) is 6.04 Å². The van der Waals surface area contributed by atoms with Crippen LogP contribution in [0.25, 0.3) is 0 Å². The predicted octanol–water partition coefficient (Wildman–Crippen LogP) is 2.08. The van der Waals surface area contributed by atoms with Crippen LogP contribution in [0.2, 0.25) is 0 Å². The number of hydrogen-bond donors (Lipinski definition) is 1. The van der Waals surface area contributed by atoms with Crippen molar-refractivity contribution in [3.63, 3.8) is 0 Å². The Labute approximate surface area is 189 Å². The monoisotopic (exact) mass is 434 g/mol. The van der Waals surface area contributed by atoms with Gasteiger partial charge in [0.2, 0.25) is 5.82 Å². The molecule has 1 saturated carbocycles. The Hall–Kier alpha value is -3.00. The van der Waals surface area contributed by atoms with E-state index >= 15 is 0 Å². The van der Waals surface area contributed by atoms with Crippen molar-refractivity contribution in [2.75, 3.05) is 38.2 Å². The summed E-state index contributed by atoms with van der Waals surface area (Å²) in [5, 5.41) is 13.1. The molecule has 1 aliphatic carbocycles. The second kappa shape index (κ2) is 9.65. The number of hydrogen-bond acceptors (Lipinski definition) is 6. The van der Waals surface area contributed by atoms with Gasteiger partial charge in [-0.2, -0.15) is 0 Å². The molecular formula is C24H32N7O+. The van der Waals surface area contributed by atoms with Crippen molar-refractivity contribution < 1.29 is 9.64 Å². The number of methoxy groups -OCH3 is 1. The topological polar surface area (TPSA) is 73.4 Å². The van der Waals surface area contributed by atoms with Gasteiger partial charge in [-0.25, -0.2) is 4.68 Å². The molecule has 168 valence electrons. The number of tetrazole rings is 1. The minimum absolute atomic E-state index is 0.0351. The molecule has 8 heteroatoms. The summed E-state index contributed by atoms with van der Waals surface area (Å²) in [4.78, 5) is 8.62. The molecule has 3 aromatic rings. The minimum atomic E-state index is 0.0351. The summed E-state index contributed by atoms with van der Waals surface area (Å²) in [5.41, 5.74) is 2.20. The molecule has 1 atom stereocenters. The molecule has 2 aromatic heterocycles. The lowest BCUT2D eigenvalue weighted by molar-refractivity contribution is -0.927. The van der Waals surface area contributed by atoms with Crippen LogP contribution < -0.4 is 14.5 Å². The van der Waals surface area contributed by atoms with E-state index < -0.39 is 0 Å². The normalized spacial score (nSPS) is 19.1. The standard InChI is InChI=1S/C24H31N7O/c1-32-22-13-6-5-12-21(22)29-15-17-30(18-16-29)23(20-11-7-8-14-25-20)24-26-27-28-31(24)19-9-3-2-4-10-19/h5-8,11-14,19,23H,2-4,9-10,15-18H2,1H3/p+1/t23-/m0/s1. The first kappa shape index (κ1) is 20.9. The summed E-state index contributed by atoms with van der Waals surface area (Å²) in [6.07, 6.45) is 8.01. The number of rotatable bonds is 6. The second-order valence-corrected chi connectivity index (χ2v) is 8.78. The number of para-hydroxylation sites is 2. The summed E-state index contributed by atoms with van der Waals surface area (Å²) in [6.45, 7) is 3.86. The van der Waals surface area contributed by atoms with E-state index in [0.29, 0.717) is 6.04 Å². The molecule has 3 heterocycles. The van der Waals surface area contributed by atoms with E-state index in [4.69, 9.17) is 9.72 Å². The zero-order valence-corrected chi connectivity index (χ0v) is 18.7. The fraction of sp³-hybridized carbons (Fsp3) is 0.500. The Bertz CT molecular complexity index is 994. The third-order valence-corrected chi connectivity index (χ3v) is 6.92. The predicted molar refractivity (Wildman–Crippen MR) is 122 cm³/mol. The Morgan fingerprint density at radius 1 is 1.00 bits per heavy atom. The molecule has 5 rings (SSSR count). The van der Waals surface area contributed by atoms with Gasteiger partial charge in [0, 0.05) is 6.20 Å². The first-order valence-electron chi connectivity index (χ1n) is 11.8. The molecule has 32 heavy (non-hydrogen) atoms. The Morgan fingerprint density at radius 2 is 1.78 bits per heavy atom. The third kappa shape index (κ3) is 4.19. The van der Waals surface area contributed by atoms with Crippen LogP contribution in [0.5, 0.6) is 5.75 Å². The van der Waals surface area contributed by atoms with Crippen LogP contribution in [0.3, 0.4) is 0 Å². The second-order valence-electron chi connectivity index (χ2n) is 8.78. The zero-order valence-electron chi connectivity index (χ0n) is 18.7. The summed E-state index contributed by atoms with van der Waals surface area (Å²) >= 11 is 0. The maximum atomic E-state index is 5.60. The highest BCUT2D eigenvalue weighted by Gasteiger charge is 2.37. The van der Waals surface area contributed by atoms with Gasteiger partial charge in [0.1, 0.15) is 11.4 Å². The van der Waals surface area contributed by atoms with Crippen molar-refractivity contribution in [1.82, 2.24) is 25.2 Å². The quantitative estimate of drug-likeness (QED) is 0.640. The van der Waals surface area contributed by atoms with Crippen molar-refractivity contribution in [2.45, 2.75) is 44.2 Å². The maximum absolute atomic E-state index is 5.60. The summed E-state index contributed by atoms with van der Waals surface area (Å²) < 4.78 is 7.70. The number of pyridine rings is 1. The van der Waals surface area contributed by atoms with E-state index in [1.807, 2.05) is 24.4 Å². The van der Waals surface area contributed by atoms with Gasteiger partial charge < -0.3 is 14.5 Å². The molecule has 0 spiro atoms. The van der Waals surface area contributed by atoms with Crippen molar-refractivity contribution in [1.29, 1.82) is 0 Å². The zero-order chi connectivity index (χ0) is 21.8. The SMILES string of the molecule is COc1ccccc1N1CC[NH+]([C@@H](c2ccccn2)c2nnnn2C2CCCCC2)CC1. The fourth-order valence-electron chi connectivity index (χ4n) is 5.26. The van der Waals surface area contributed by atoms with Crippen molar-refractivity contribution in [3.8, 4) is 5.75 Å². The number of ether oxygens (including phenoxy) is 1. The summed E-state index contributed by atoms with van der Waals surface area (Å²) in [7, 11) is 1.74. The van der Waals surface area contributed by atoms with E-state index in [0.717, 1.165) is 62.0 Å². The molecule has 2 aliphatic rings. The van der Waals surface area contributed by atoms with Crippen LogP contribution in [0.4, 0.5) is 5.69 Å². The highest BCUT2D eigenvalue weighted by Crippen LogP contribution is 2.30. The minimum Gasteiger partial charge on any atom is -0.495 e. The molecule has 0 unspecified atom stereocenters. The number of anilines is 1. The lowest BCUT2D eigenvalue weighted by Gasteiger charge is -2.37. The van der Waals surface area contributed by atoms with Crippen LogP contribution in [-0.2, 0) is 0 Å². The smallest absolute Gasteiger partial charge is 0.216 e. The molecule has 0 bridgehead atoms. The van der Waals surface area contributed by atoms with E-state index in [2.05, 4.69) is 49.4 Å². The number of nitrogens with one attached hydrogen (secondary N) is 1. The van der Waals surface area contributed by atoms with Crippen LogP contribution in [0.1, 0.15) is 55.7 Å². The van der Waals surface area contributed by atoms with Gasteiger partial charge in [0.25, 0.3) is 0 Å². The Morgan fingerprint density at radius 3 is 2.53 bits per heavy atom. The van der Waals surface area contributed by atoms with E-state index in [1.54, 1.807) is 7.11 Å². The first-order chi connectivity index (χ1) is 15.8. The maximum Gasteiger partial charge on any atom is 0.216 e. The third-order valence-electron chi connectivity index (χ3n) is 6.92. The largest absolute Gasteiger partial charge is 0.495 e. The highest BCUT2D eigenvalue weighted by atomic mass is 16.5. The highest BCUT2D eigenvalue weighted by molar-refractivity contribution is 5.58. The Balaban J connectivity index is 1.41. The van der Waals surface area contributed by atoms with Gasteiger partial charge in [0.15, 0.2) is 6.04 Å². The van der Waals surface area contributed by atoms with Gasteiger partial charge in [-0.15, -0.1) is 5.10 Å². The summed E-state index contributed by atoms with van der Waals surface area (Å²) in [6, 6.07) is 14.9. The molecule has 1 saturated heterocycles. The molecule has 0 radical (unpaired) electrons. The van der Waals surface area contributed by atoms with Gasteiger partial charge >= 0.3 is 0 Å².